The number of imidazole rings is 1. The van der Waals surface area contributed by atoms with Gasteiger partial charge < -0.3 is 9.67 Å². The van der Waals surface area contributed by atoms with Gasteiger partial charge >= 0.3 is 0 Å². The van der Waals surface area contributed by atoms with Gasteiger partial charge in [-0.3, -0.25) is 0 Å². The molecule has 1 heterocycles. The van der Waals surface area contributed by atoms with Crippen LogP contribution in [0, 0.1) is 0 Å². The van der Waals surface area contributed by atoms with Crippen LogP contribution >= 0.6 is 23.2 Å². The van der Waals surface area contributed by atoms with Crippen molar-refractivity contribution in [3.05, 3.63) is 52.0 Å². The highest BCUT2D eigenvalue weighted by atomic mass is 35.5. The molecule has 0 aliphatic rings. The maximum atomic E-state index is 10.6. The second-order valence-electron chi connectivity index (χ2n) is 4.06. The minimum Gasteiger partial charge on any atom is -0.377 e. The van der Waals surface area contributed by atoms with Crippen LogP contribution in [0.2, 0.25) is 10.0 Å². The zero-order chi connectivity index (χ0) is 12.6. The van der Waals surface area contributed by atoms with Crippen LogP contribution < -0.4 is 0 Å². The van der Waals surface area contributed by atoms with Gasteiger partial charge in [-0.05, 0) is 24.6 Å². The molecule has 3 nitrogen and oxygen atoms in total. The van der Waals surface area contributed by atoms with Gasteiger partial charge in [0.05, 0.1) is 10.0 Å². The quantitative estimate of drug-likeness (QED) is 0.911. The molecule has 0 fully saturated rings. The maximum Gasteiger partial charge on any atom is 0.144 e. The molecule has 90 valence electrons. The van der Waals surface area contributed by atoms with Gasteiger partial charge in [-0.2, -0.15) is 0 Å². The largest absolute Gasteiger partial charge is 0.377 e. The number of hydrogen-bond donors (Lipinski definition) is 1. The van der Waals surface area contributed by atoms with E-state index in [1.165, 1.54) is 0 Å². The van der Waals surface area contributed by atoms with E-state index in [-0.39, 0.29) is 0 Å². The number of aromatic nitrogens is 2. The van der Waals surface area contributed by atoms with E-state index in [1.807, 2.05) is 7.05 Å². The van der Waals surface area contributed by atoms with E-state index in [0.29, 0.717) is 21.4 Å². The third kappa shape index (κ3) is 2.18. The first kappa shape index (κ1) is 12.4. The van der Waals surface area contributed by atoms with E-state index in [1.54, 1.807) is 42.1 Å². The lowest BCUT2D eigenvalue weighted by molar-refractivity contribution is 0.0892. The van der Waals surface area contributed by atoms with Gasteiger partial charge in [0.1, 0.15) is 11.4 Å². The predicted octanol–water partition coefficient (Wildman–Crippen LogP) is 2.98. The molecule has 0 saturated carbocycles. The van der Waals surface area contributed by atoms with Crippen LogP contribution in [0.4, 0.5) is 0 Å². The Morgan fingerprint density at radius 1 is 1.29 bits per heavy atom. The topological polar surface area (TPSA) is 38.0 Å². The second kappa shape index (κ2) is 4.33. The molecule has 1 atom stereocenters. The van der Waals surface area contributed by atoms with Crippen molar-refractivity contribution in [2.24, 2.45) is 7.05 Å². The van der Waals surface area contributed by atoms with Crippen molar-refractivity contribution in [3.63, 3.8) is 0 Å². The van der Waals surface area contributed by atoms with Crippen molar-refractivity contribution in [1.82, 2.24) is 9.55 Å². The van der Waals surface area contributed by atoms with Crippen LogP contribution in [-0.4, -0.2) is 14.7 Å². The molecule has 5 heteroatoms. The van der Waals surface area contributed by atoms with E-state index in [9.17, 15) is 5.11 Å². The fourth-order valence-electron chi connectivity index (χ4n) is 1.76. The molecule has 0 amide bonds. The van der Waals surface area contributed by atoms with E-state index < -0.39 is 5.60 Å². The molecule has 1 aromatic carbocycles. The molecule has 0 radical (unpaired) electrons. The van der Waals surface area contributed by atoms with Crippen LogP contribution in [0.3, 0.4) is 0 Å². The highest BCUT2D eigenvalue weighted by Crippen LogP contribution is 2.32. The first-order valence-corrected chi connectivity index (χ1v) is 5.84. The highest BCUT2D eigenvalue weighted by molar-refractivity contribution is 6.42. The van der Waals surface area contributed by atoms with Gasteiger partial charge in [-0.25, -0.2) is 4.98 Å². The van der Waals surface area contributed by atoms with Crippen LogP contribution in [0.25, 0.3) is 0 Å². The molecule has 17 heavy (non-hydrogen) atoms. The van der Waals surface area contributed by atoms with Crippen molar-refractivity contribution in [2.45, 2.75) is 12.5 Å². The molecule has 0 aliphatic carbocycles. The molecule has 1 N–H and O–H groups in total. The minimum atomic E-state index is -1.20. The third-order valence-corrected chi connectivity index (χ3v) is 3.48. The summed E-state index contributed by atoms with van der Waals surface area (Å²) in [6, 6.07) is 5.05. The number of nitrogens with zero attached hydrogens (tertiary/aromatic N) is 2. The Morgan fingerprint density at radius 2 is 2.00 bits per heavy atom. The summed E-state index contributed by atoms with van der Waals surface area (Å²) in [4.78, 5) is 4.15. The van der Waals surface area contributed by atoms with E-state index in [4.69, 9.17) is 23.2 Å². The summed E-state index contributed by atoms with van der Waals surface area (Å²) in [6.07, 6.45) is 3.42. The molecule has 0 aliphatic heterocycles. The Hall–Kier alpha value is -1.03. The summed E-state index contributed by atoms with van der Waals surface area (Å²) < 4.78 is 1.77. The number of hydrogen-bond acceptors (Lipinski definition) is 2. The van der Waals surface area contributed by atoms with Gasteiger partial charge in [-0.15, -0.1) is 0 Å². The average Bonchev–Trinajstić information content (AvgIpc) is 2.69. The first-order chi connectivity index (χ1) is 7.93. The van der Waals surface area contributed by atoms with E-state index >= 15 is 0 Å². The molecule has 0 bridgehead atoms. The fraction of sp³-hybridized carbons (Fsp3) is 0.250. The molecule has 0 spiro atoms. The van der Waals surface area contributed by atoms with Gasteiger partial charge in [0.15, 0.2) is 0 Å². The van der Waals surface area contributed by atoms with Gasteiger partial charge in [0, 0.05) is 19.4 Å². The summed E-state index contributed by atoms with van der Waals surface area (Å²) in [5, 5.41) is 11.4. The van der Waals surface area contributed by atoms with Crippen molar-refractivity contribution >= 4 is 23.2 Å². The summed E-state index contributed by atoms with van der Waals surface area (Å²) in [5.74, 6) is 0.552. The maximum absolute atomic E-state index is 10.6. The summed E-state index contributed by atoms with van der Waals surface area (Å²) >= 11 is 11.8. The first-order valence-electron chi connectivity index (χ1n) is 5.08. The lowest BCUT2D eigenvalue weighted by atomic mass is 9.95. The molecule has 2 aromatic rings. The highest BCUT2D eigenvalue weighted by Gasteiger charge is 2.30. The SMILES string of the molecule is Cn1ccnc1C(C)(O)c1ccc(Cl)c(Cl)c1. The van der Waals surface area contributed by atoms with Crippen molar-refractivity contribution < 1.29 is 5.11 Å². The van der Waals surface area contributed by atoms with Crippen LogP contribution in [0.15, 0.2) is 30.6 Å². The van der Waals surface area contributed by atoms with Crippen LogP contribution in [-0.2, 0) is 12.6 Å². The standard InChI is InChI=1S/C12H12Cl2N2O/c1-12(17,11-15-5-6-16(11)2)8-3-4-9(13)10(14)7-8/h3-7,17H,1-2H3. The Balaban J connectivity index is 2.51. The monoisotopic (exact) mass is 270 g/mol. The lowest BCUT2D eigenvalue weighted by Crippen LogP contribution is -2.26. The van der Waals surface area contributed by atoms with Crippen molar-refractivity contribution in [2.75, 3.05) is 0 Å². The Labute approximate surface area is 110 Å². The molecule has 1 aromatic heterocycles. The molecular weight excluding hydrogens is 259 g/mol. The van der Waals surface area contributed by atoms with E-state index in [2.05, 4.69) is 4.98 Å². The predicted molar refractivity (Wildman–Crippen MR) is 68.3 cm³/mol. The average molecular weight is 271 g/mol. The molecular formula is C12H12Cl2N2O. The second-order valence-corrected chi connectivity index (χ2v) is 4.88. The van der Waals surface area contributed by atoms with Gasteiger partial charge in [-0.1, -0.05) is 29.3 Å². The summed E-state index contributed by atoms with van der Waals surface area (Å²) in [7, 11) is 1.83. The number of benzene rings is 1. The van der Waals surface area contributed by atoms with Crippen LogP contribution in [0.1, 0.15) is 18.3 Å². The Kier molecular flexibility index (Phi) is 3.17. The molecule has 1 unspecified atom stereocenters. The minimum absolute atomic E-state index is 0.415. The smallest absolute Gasteiger partial charge is 0.144 e. The number of aliphatic hydroxyl groups is 1. The van der Waals surface area contributed by atoms with E-state index in [0.717, 1.165) is 0 Å². The zero-order valence-corrected chi connectivity index (χ0v) is 11.0. The Bertz CT molecular complexity index is 549. The zero-order valence-electron chi connectivity index (χ0n) is 9.48. The number of rotatable bonds is 2. The Morgan fingerprint density at radius 3 is 2.53 bits per heavy atom. The fourth-order valence-corrected chi connectivity index (χ4v) is 2.06. The lowest BCUT2D eigenvalue weighted by Gasteiger charge is -2.23. The molecule has 2 rings (SSSR count). The van der Waals surface area contributed by atoms with Crippen LogP contribution in [0.5, 0.6) is 0 Å². The summed E-state index contributed by atoms with van der Waals surface area (Å²) in [6.45, 7) is 1.68. The van der Waals surface area contributed by atoms with Gasteiger partial charge in [0.25, 0.3) is 0 Å². The molecule has 0 saturated heterocycles. The number of aryl methyl sites for hydroxylation is 1. The van der Waals surface area contributed by atoms with Gasteiger partial charge in [0.2, 0.25) is 0 Å². The third-order valence-electron chi connectivity index (χ3n) is 2.74. The number of halogens is 2. The van der Waals surface area contributed by atoms with Crippen molar-refractivity contribution in [3.8, 4) is 0 Å². The normalized spacial score (nSPS) is 14.6. The summed E-state index contributed by atoms with van der Waals surface area (Å²) in [5.41, 5.74) is -0.548. The van der Waals surface area contributed by atoms with Crippen molar-refractivity contribution in [1.29, 1.82) is 0 Å².